The molecule has 18 heavy (non-hydrogen) atoms. The van der Waals surface area contributed by atoms with Gasteiger partial charge in [-0.25, -0.2) is 0 Å². The molecule has 0 bridgehead atoms. The highest BCUT2D eigenvalue weighted by Crippen LogP contribution is 2.19. The lowest BCUT2D eigenvalue weighted by Crippen LogP contribution is -2.29. The Hall–Kier alpha value is -0.910. The van der Waals surface area contributed by atoms with Crippen molar-refractivity contribution in [1.29, 1.82) is 0 Å². The van der Waals surface area contributed by atoms with Gasteiger partial charge in [-0.05, 0) is 25.1 Å². The smallest absolute Gasteiger partial charge is 0.238 e. The number of nitrogens with one attached hydrogen (secondary N) is 2. The molecule has 2 N–H and O–H groups in total. The zero-order valence-corrected chi connectivity index (χ0v) is 11.8. The average molecular weight is 289 g/mol. The van der Waals surface area contributed by atoms with Crippen molar-refractivity contribution in [3.63, 3.8) is 0 Å². The van der Waals surface area contributed by atoms with Crippen LogP contribution in [0.3, 0.4) is 0 Å². The number of hydrogen-bond acceptors (Lipinski definition) is 3. The van der Waals surface area contributed by atoms with Gasteiger partial charge in [0.2, 0.25) is 5.91 Å². The second-order valence-electron chi connectivity index (χ2n) is 3.84. The van der Waals surface area contributed by atoms with Gasteiger partial charge in [0.25, 0.3) is 0 Å². The molecule has 1 amide bonds. The molecule has 1 aromatic rings. The third-order valence-corrected chi connectivity index (χ3v) is 3.41. The molecule has 0 aromatic heterocycles. The summed E-state index contributed by atoms with van der Waals surface area (Å²) in [7, 11) is -0.772. The van der Waals surface area contributed by atoms with Crippen LogP contribution in [-0.4, -0.2) is 35.2 Å². The highest BCUT2D eigenvalue weighted by Gasteiger charge is 2.04. The maximum Gasteiger partial charge on any atom is 0.238 e. The van der Waals surface area contributed by atoms with Crippen molar-refractivity contribution in [3.8, 4) is 0 Å². The second kappa shape index (κ2) is 8.24. The average Bonchev–Trinajstić information content (AvgIpc) is 2.31. The van der Waals surface area contributed by atoms with Gasteiger partial charge in [0.15, 0.2) is 0 Å². The molecule has 6 heteroatoms. The van der Waals surface area contributed by atoms with Crippen molar-refractivity contribution in [2.45, 2.75) is 6.42 Å². The Bertz CT molecular complexity index is 426. The lowest BCUT2D eigenvalue weighted by molar-refractivity contribution is -0.115. The summed E-state index contributed by atoms with van der Waals surface area (Å²) < 4.78 is 10.8. The molecule has 4 nitrogen and oxygen atoms in total. The van der Waals surface area contributed by atoms with Crippen LogP contribution in [0.2, 0.25) is 5.02 Å². The van der Waals surface area contributed by atoms with Crippen molar-refractivity contribution >= 4 is 34.0 Å². The van der Waals surface area contributed by atoms with Gasteiger partial charge in [0.05, 0.1) is 17.3 Å². The van der Waals surface area contributed by atoms with Crippen LogP contribution in [-0.2, 0) is 15.6 Å². The van der Waals surface area contributed by atoms with E-state index in [1.165, 1.54) is 0 Å². The number of para-hydroxylation sites is 1. The van der Waals surface area contributed by atoms with Crippen LogP contribution < -0.4 is 10.6 Å². The van der Waals surface area contributed by atoms with Crippen LogP contribution in [0.25, 0.3) is 0 Å². The first kappa shape index (κ1) is 15.1. The Morgan fingerprint density at radius 1 is 1.39 bits per heavy atom. The van der Waals surface area contributed by atoms with Crippen LogP contribution in [0.15, 0.2) is 24.3 Å². The number of benzene rings is 1. The van der Waals surface area contributed by atoms with Gasteiger partial charge >= 0.3 is 0 Å². The summed E-state index contributed by atoms with van der Waals surface area (Å²) in [6.45, 7) is 0.900. The molecule has 1 unspecified atom stereocenters. The minimum absolute atomic E-state index is 0.138. The Labute approximate surface area is 115 Å². The van der Waals surface area contributed by atoms with Crippen molar-refractivity contribution in [3.05, 3.63) is 29.3 Å². The maximum atomic E-state index is 11.6. The van der Waals surface area contributed by atoms with E-state index in [1.807, 2.05) is 6.07 Å². The van der Waals surface area contributed by atoms with Crippen molar-refractivity contribution in [2.24, 2.45) is 0 Å². The molecule has 0 spiro atoms. The topological polar surface area (TPSA) is 58.2 Å². The van der Waals surface area contributed by atoms with E-state index in [9.17, 15) is 9.00 Å². The lowest BCUT2D eigenvalue weighted by atomic mass is 10.3. The molecule has 1 atom stereocenters. The number of carbonyl (C=O) groups is 1. The molecule has 0 radical (unpaired) electrons. The second-order valence-corrected chi connectivity index (χ2v) is 5.80. The summed E-state index contributed by atoms with van der Waals surface area (Å²) in [5.74, 6) is 0.514. The summed E-state index contributed by atoms with van der Waals surface area (Å²) in [4.78, 5) is 11.6. The number of carbonyl (C=O) groups excluding carboxylic acids is 1. The molecule has 0 aliphatic rings. The SMILES string of the molecule is CS(=O)CCCNCC(=O)Nc1ccccc1Cl. The quantitative estimate of drug-likeness (QED) is 0.750. The first-order valence-electron chi connectivity index (χ1n) is 5.64. The Balaban J connectivity index is 2.22. The van der Waals surface area contributed by atoms with Gasteiger partial charge in [-0.3, -0.25) is 9.00 Å². The molecular weight excluding hydrogens is 272 g/mol. The molecule has 0 heterocycles. The molecule has 1 aromatic carbocycles. The molecular formula is C12H17ClN2O2S. The lowest BCUT2D eigenvalue weighted by Gasteiger charge is -2.07. The Kier molecular flexibility index (Phi) is 6.93. The van der Waals surface area contributed by atoms with E-state index in [0.717, 1.165) is 6.42 Å². The summed E-state index contributed by atoms with van der Waals surface area (Å²) in [6.07, 6.45) is 2.46. The van der Waals surface area contributed by atoms with E-state index in [-0.39, 0.29) is 12.5 Å². The zero-order valence-electron chi connectivity index (χ0n) is 10.2. The van der Waals surface area contributed by atoms with Crippen LogP contribution >= 0.6 is 11.6 Å². The fraction of sp³-hybridized carbons (Fsp3) is 0.417. The van der Waals surface area contributed by atoms with Crippen LogP contribution in [0.4, 0.5) is 5.69 Å². The third kappa shape index (κ3) is 6.14. The number of halogens is 1. The highest BCUT2D eigenvalue weighted by atomic mass is 35.5. The van der Waals surface area contributed by atoms with Gasteiger partial charge in [0, 0.05) is 22.8 Å². The first-order chi connectivity index (χ1) is 8.59. The highest BCUT2D eigenvalue weighted by molar-refractivity contribution is 7.84. The monoisotopic (exact) mass is 288 g/mol. The Morgan fingerprint density at radius 3 is 2.78 bits per heavy atom. The zero-order chi connectivity index (χ0) is 13.4. The largest absolute Gasteiger partial charge is 0.324 e. The van der Waals surface area contributed by atoms with E-state index >= 15 is 0 Å². The summed E-state index contributed by atoms with van der Waals surface area (Å²) in [5, 5.41) is 6.23. The van der Waals surface area contributed by atoms with Crippen molar-refractivity contribution in [2.75, 3.05) is 30.4 Å². The number of anilines is 1. The van der Waals surface area contributed by atoms with Gasteiger partial charge in [-0.2, -0.15) is 0 Å². The molecule has 0 aliphatic heterocycles. The fourth-order valence-corrected chi connectivity index (χ4v) is 2.09. The van der Waals surface area contributed by atoms with Crippen molar-refractivity contribution in [1.82, 2.24) is 5.32 Å². The van der Waals surface area contributed by atoms with E-state index in [0.29, 0.717) is 23.0 Å². The van der Waals surface area contributed by atoms with Gasteiger partial charge in [-0.1, -0.05) is 23.7 Å². The predicted molar refractivity (Wildman–Crippen MR) is 76.5 cm³/mol. The molecule has 100 valence electrons. The summed E-state index contributed by atoms with van der Waals surface area (Å²) in [5.41, 5.74) is 0.612. The molecule has 1 rings (SSSR count). The standard InChI is InChI=1S/C12H17ClN2O2S/c1-18(17)8-4-7-14-9-12(16)15-11-6-3-2-5-10(11)13/h2-3,5-6,14H,4,7-9H2,1H3,(H,15,16). The Morgan fingerprint density at radius 2 is 2.11 bits per heavy atom. The minimum Gasteiger partial charge on any atom is -0.324 e. The van der Waals surface area contributed by atoms with Crippen LogP contribution in [0.1, 0.15) is 6.42 Å². The van der Waals surface area contributed by atoms with E-state index in [1.54, 1.807) is 24.5 Å². The normalized spacial score (nSPS) is 12.1. The van der Waals surface area contributed by atoms with E-state index in [2.05, 4.69) is 10.6 Å². The first-order valence-corrected chi connectivity index (χ1v) is 7.75. The predicted octanol–water partition coefficient (Wildman–Crippen LogP) is 1.64. The van der Waals surface area contributed by atoms with Gasteiger partial charge in [0.1, 0.15) is 0 Å². The fourth-order valence-electron chi connectivity index (χ4n) is 1.36. The summed E-state index contributed by atoms with van der Waals surface area (Å²) >= 11 is 5.92. The molecule has 0 fully saturated rings. The number of amides is 1. The van der Waals surface area contributed by atoms with Crippen LogP contribution in [0, 0.1) is 0 Å². The molecule has 0 saturated carbocycles. The van der Waals surface area contributed by atoms with Gasteiger partial charge in [-0.15, -0.1) is 0 Å². The molecule has 0 aliphatic carbocycles. The van der Waals surface area contributed by atoms with E-state index < -0.39 is 10.8 Å². The number of hydrogen-bond donors (Lipinski definition) is 2. The molecule has 0 saturated heterocycles. The minimum atomic E-state index is -0.772. The maximum absolute atomic E-state index is 11.6. The third-order valence-electron chi connectivity index (χ3n) is 2.22. The van der Waals surface area contributed by atoms with Crippen molar-refractivity contribution < 1.29 is 9.00 Å². The van der Waals surface area contributed by atoms with Gasteiger partial charge < -0.3 is 10.6 Å². The van der Waals surface area contributed by atoms with E-state index in [4.69, 9.17) is 11.6 Å². The summed E-state index contributed by atoms with van der Waals surface area (Å²) in [6, 6.07) is 7.09. The van der Waals surface area contributed by atoms with Crippen LogP contribution in [0.5, 0.6) is 0 Å². The number of rotatable bonds is 7.